The van der Waals surface area contributed by atoms with Crippen LogP contribution in [-0.2, 0) is 6.54 Å². The van der Waals surface area contributed by atoms with Gasteiger partial charge in [-0.1, -0.05) is 6.92 Å². The number of aryl methyl sites for hydroxylation is 1. The molecular weight excluding hydrogens is 257 g/mol. The Balaban J connectivity index is 2.41. The molecule has 3 nitrogen and oxygen atoms in total. The predicted octanol–water partition coefficient (Wildman–Crippen LogP) is 2.79. The molecule has 1 aromatic carbocycles. The van der Waals surface area contributed by atoms with Crippen LogP contribution in [0.5, 0.6) is 0 Å². The Labute approximate surface area is 108 Å². The van der Waals surface area contributed by atoms with E-state index in [1.54, 1.807) is 10.8 Å². The molecule has 0 amide bonds. The van der Waals surface area contributed by atoms with Crippen molar-refractivity contribution in [1.29, 1.82) is 0 Å². The Morgan fingerprint density at radius 3 is 2.68 bits per heavy atom. The minimum atomic E-state index is -1.59. The van der Waals surface area contributed by atoms with E-state index in [0.29, 0.717) is 6.54 Å². The molecule has 2 rings (SSSR count). The van der Waals surface area contributed by atoms with Gasteiger partial charge in [-0.2, -0.15) is 0 Å². The second-order valence-electron chi connectivity index (χ2n) is 4.15. The van der Waals surface area contributed by atoms with E-state index in [-0.39, 0.29) is 11.4 Å². The quantitative estimate of drug-likeness (QED) is 0.867. The first-order chi connectivity index (χ1) is 9.06. The van der Waals surface area contributed by atoms with E-state index in [1.165, 1.54) is 6.20 Å². The first-order valence-corrected chi connectivity index (χ1v) is 5.88. The third kappa shape index (κ3) is 2.49. The van der Waals surface area contributed by atoms with E-state index in [2.05, 4.69) is 4.98 Å². The fourth-order valence-corrected chi connectivity index (χ4v) is 1.89. The predicted molar refractivity (Wildman–Crippen MR) is 62.9 cm³/mol. The smallest absolute Gasteiger partial charge is 0.194 e. The van der Waals surface area contributed by atoms with Crippen LogP contribution in [0.25, 0.3) is 0 Å². The van der Waals surface area contributed by atoms with Gasteiger partial charge in [-0.05, 0) is 18.6 Å². The normalized spacial score (nSPS) is 12.7. The lowest BCUT2D eigenvalue weighted by atomic mass is 10.1. The molecule has 0 radical (unpaired) electrons. The first-order valence-electron chi connectivity index (χ1n) is 5.88. The van der Waals surface area contributed by atoms with Gasteiger partial charge in [0.1, 0.15) is 11.9 Å². The number of rotatable bonds is 4. The molecule has 19 heavy (non-hydrogen) atoms. The Morgan fingerprint density at radius 1 is 1.26 bits per heavy atom. The van der Waals surface area contributed by atoms with Crippen LogP contribution in [0.2, 0.25) is 0 Å². The molecular formula is C13H13F3N2O. The van der Waals surface area contributed by atoms with Crippen molar-refractivity contribution in [3.63, 3.8) is 0 Å². The van der Waals surface area contributed by atoms with Gasteiger partial charge in [-0.25, -0.2) is 18.2 Å². The van der Waals surface area contributed by atoms with E-state index < -0.39 is 23.6 Å². The van der Waals surface area contributed by atoms with Gasteiger partial charge in [0.05, 0.1) is 0 Å². The molecule has 0 aliphatic carbocycles. The Morgan fingerprint density at radius 2 is 2.00 bits per heavy atom. The summed E-state index contributed by atoms with van der Waals surface area (Å²) in [6, 6.07) is 1.80. The maximum atomic E-state index is 13.6. The van der Waals surface area contributed by atoms with Gasteiger partial charge in [0.2, 0.25) is 0 Å². The zero-order chi connectivity index (χ0) is 14.0. The van der Waals surface area contributed by atoms with Crippen LogP contribution >= 0.6 is 0 Å². The average molecular weight is 270 g/mol. The summed E-state index contributed by atoms with van der Waals surface area (Å²) >= 11 is 0. The number of benzene rings is 1. The molecule has 6 heteroatoms. The fourth-order valence-electron chi connectivity index (χ4n) is 1.89. The Kier molecular flexibility index (Phi) is 3.90. The van der Waals surface area contributed by atoms with Gasteiger partial charge in [0.15, 0.2) is 17.5 Å². The zero-order valence-corrected chi connectivity index (χ0v) is 10.3. The fraction of sp³-hybridized carbons (Fsp3) is 0.308. The molecule has 0 aliphatic rings. The van der Waals surface area contributed by atoms with Crippen molar-refractivity contribution in [2.75, 3.05) is 0 Å². The molecule has 2 aromatic rings. The number of halogens is 3. The second-order valence-corrected chi connectivity index (χ2v) is 4.15. The van der Waals surface area contributed by atoms with Crippen molar-refractivity contribution in [2.45, 2.75) is 26.0 Å². The monoisotopic (exact) mass is 270 g/mol. The SMILES string of the molecule is CCCn1ccnc1C(O)c1ccc(F)c(F)c1F. The lowest BCUT2D eigenvalue weighted by Gasteiger charge is -2.14. The van der Waals surface area contributed by atoms with Crippen LogP contribution in [0.15, 0.2) is 24.5 Å². The van der Waals surface area contributed by atoms with Crippen LogP contribution < -0.4 is 0 Å². The number of aliphatic hydroxyl groups is 1. The van der Waals surface area contributed by atoms with E-state index in [1.807, 2.05) is 6.92 Å². The summed E-state index contributed by atoms with van der Waals surface area (Å²) in [4.78, 5) is 3.93. The lowest BCUT2D eigenvalue weighted by molar-refractivity contribution is 0.197. The van der Waals surface area contributed by atoms with E-state index in [4.69, 9.17) is 0 Å². The maximum absolute atomic E-state index is 13.6. The van der Waals surface area contributed by atoms with Crippen LogP contribution in [-0.4, -0.2) is 14.7 Å². The molecule has 0 spiro atoms. The molecule has 0 saturated heterocycles. The molecule has 1 unspecified atom stereocenters. The summed E-state index contributed by atoms with van der Waals surface area (Å²) in [5.41, 5.74) is -0.331. The summed E-state index contributed by atoms with van der Waals surface area (Å²) in [5, 5.41) is 10.1. The number of hydrogen-bond acceptors (Lipinski definition) is 2. The molecule has 1 atom stereocenters. The summed E-state index contributed by atoms with van der Waals surface area (Å²) in [7, 11) is 0. The molecule has 1 aromatic heterocycles. The lowest BCUT2D eigenvalue weighted by Crippen LogP contribution is -2.12. The molecule has 1 N–H and O–H groups in total. The largest absolute Gasteiger partial charge is 0.380 e. The molecule has 0 bridgehead atoms. The van der Waals surface area contributed by atoms with Crippen LogP contribution in [0.4, 0.5) is 13.2 Å². The number of imidazole rings is 1. The molecule has 102 valence electrons. The van der Waals surface area contributed by atoms with E-state index in [0.717, 1.165) is 18.6 Å². The number of aromatic nitrogens is 2. The Hall–Kier alpha value is -1.82. The summed E-state index contributed by atoms with van der Waals surface area (Å²) in [5.74, 6) is -4.07. The Bertz CT molecular complexity index is 583. The number of aliphatic hydroxyl groups excluding tert-OH is 1. The van der Waals surface area contributed by atoms with Crippen molar-refractivity contribution in [3.8, 4) is 0 Å². The van der Waals surface area contributed by atoms with E-state index >= 15 is 0 Å². The van der Waals surface area contributed by atoms with Crippen molar-refractivity contribution in [2.24, 2.45) is 0 Å². The van der Waals surface area contributed by atoms with Gasteiger partial charge in [-0.3, -0.25) is 0 Å². The summed E-state index contributed by atoms with van der Waals surface area (Å²) in [6.07, 6.45) is 2.47. The highest BCUT2D eigenvalue weighted by molar-refractivity contribution is 5.26. The van der Waals surface area contributed by atoms with Gasteiger partial charge in [-0.15, -0.1) is 0 Å². The van der Waals surface area contributed by atoms with E-state index in [9.17, 15) is 18.3 Å². The molecule has 0 fully saturated rings. The van der Waals surface area contributed by atoms with Gasteiger partial charge in [0.25, 0.3) is 0 Å². The third-order valence-electron chi connectivity index (χ3n) is 2.82. The highest BCUT2D eigenvalue weighted by Crippen LogP contribution is 2.26. The first kappa shape index (κ1) is 13.6. The van der Waals surface area contributed by atoms with Gasteiger partial charge in [0, 0.05) is 24.5 Å². The second kappa shape index (κ2) is 5.44. The zero-order valence-electron chi connectivity index (χ0n) is 10.3. The number of nitrogens with zero attached hydrogens (tertiary/aromatic N) is 2. The van der Waals surface area contributed by atoms with Crippen molar-refractivity contribution >= 4 is 0 Å². The van der Waals surface area contributed by atoms with Crippen molar-refractivity contribution < 1.29 is 18.3 Å². The van der Waals surface area contributed by atoms with Gasteiger partial charge >= 0.3 is 0 Å². The average Bonchev–Trinajstić information content (AvgIpc) is 2.84. The van der Waals surface area contributed by atoms with Crippen molar-refractivity contribution in [1.82, 2.24) is 9.55 Å². The highest BCUT2D eigenvalue weighted by atomic mass is 19.2. The van der Waals surface area contributed by atoms with Crippen LogP contribution in [0.3, 0.4) is 0 Å². The topological polar surface area (TPSA) is 38.0 Å². The number of hydrogen-bond donors (Lipinski definition) is 1. The molecule has 1 heterocycles. The van der Waals surface area contributed by atoms with Crippen LogP contribution in [0.1, 0.15) is 30.8 Å². The summed E-state index contributed by atoms with van der Waals surface area (Å²) in [6.45, 7) is 2.53. The maximum Gasteiger partial charge on any atom is 0.194 e. The highest BCUT2D eigenvalue weighted by Gasteiger charge is 2.23. The summed E-state index contributed by atoms with van der Waals surface area (Å²) < 4.78 is 41.3. The third-order valence-corrected chi connectivity index (χ3v) is 2.82. The minimum Gasteiger partial charge on any atom is -0.380 e. The van der Waals surface area contributed by atoms with Gasteiger partial charge < -0.3 is 9.67 Å². The molecule has 0 saturated carbocycles. The standard InChI is InChI=1S/C13H13F3N2O/c1-2-6-18-7-5-17-13(18)12(19)8-3-4-9(14)11(16)10(8)15/h3-5,7,12,19H,2,6H2,1H3. The molecule has 0 aliphatic heterocycles. The van der Waals surface area contributed by atoms with Crippen molar-refractivity contribution in [3.05, 3.63) is 53.4 Å². The minimum absolute atomic E-state index is 0.201. The van der Waals surface area contributed by atoms with Crippen LogP contribution in [0, 0.1) is 17.5 Å².